The summed E-state index contributed by atoms with van der Waals surface area (Å²) in [6.07, 6.45) is 2.27. The molecule has 118 valence electrons. The van der Waals surface area contributed by atoms with Gasteiger partial charge in [-0.05, 0) is 44.1 Å². The lowest BCUT2D eigenvalue weighted by atomic mass is 10.0. The molecule has 0 aliphatic carbocycles. The molecule has 21 heavy (non-hydrogen) atoms. The molecule has 1 aromatic rings. The Balaban J connectivity index is 1.94. The average Bonchev–Trinajstić information content (AvgIpc) is 2.54. The summed E-state index contributed by atoms with van der Waals surface area (Å²) < 4.78 is 10.9. The summed E-state index contributed by atoms with van der Waals surface area (Å²) in [5.41, 5.74) is 1.30. The van der Waals surface area contributed by atoms with Gasteiger partial charge in [-0.2, -0.15) is 0 Å². The monoisotopic (exact) mass is 292 g/mol. The van der Waals surface area contributed by atoms with Gasteiger partial charge in [0.25, 0.3) is 0 Å². The first kappa shape index (κ1) is 16.3. The largest absolute Gasteiger partial charge is 0.497 e. The van der Waals surface area contributed by atoms with Crippen LogP contribution in [0.15, 0.2) is 24.3 Å². The van der Waals surface area contributed by atoms with E-state index in [1.807, 2.05) is 12.1 Å². The molecule has 4 heteroatoms. The standard InChI is InChI=1S/C17H28N2O2/c1-4-10-18-16-9-11-21-13-17(16)19(2)12-14-5-7-15(20-3)8-6-14/h5-8,16-18H,4,9-13H2,1-3H3. The van der Waals surface area contributed by atoms with Crippen LogP contribution in [-0.2, 0) is 11.3 Å². The summed E-state index contributed by atoms with van der Waals surface area (Å²) in [6, 6.07) is 9.27. The van der Waals surface area contributed by atoms with Gasteiger partial charge in [0.1, 0.15) is 5.75 Å². The summed E-state index contributed by atoms with van der Waals surface area (Å²) in [7, 11) is 3.88. The van der Waals surface area contributed by atoms with Gasteiger partial charge in [-0.1, -0.05) is 19.1 Å². The molecule has 2 rings (SSSR count). The van der Waals surface area contributed by atoms with Crippen molar-refractivity contribution in [1.82, 2.24) is 10.2 Å². The molecule has 1 aliphatic heterocycles. The van der Waals surface area contributed by atoms with E-state index >= 15 is 0 Å². The van der Waals surface area contributed by atoms with Crippen LogP contribution in [0, 0.1) is 0 Å². The molecule has 0 bridgehead atoms. The molecule has 1 fully saturated rings. The van der Waals surface area contributed by atoms with Crippen molar-refractivity contribution in [2.75, 3.05) is 33.9 Å². The Labute approximate surface area is 128 Å². The minimum absolute atomic E-state index is 0.437. The first-order chi connectivity index (χ1) is 10.2. The van der Waals surface area contributed by atoms with Gasteiger partial charge in [-0.15, -0.1) is 0 Å². The first-order valence-electron chi connectivity index (χ1n) is 7.89. The molecule has 2 atom stereocenters. The van der Waals surface area contributed by atoms with Gasteiger partial charge in [-0.3, -0.25) is 4.90 Å². The van der Waals surface area contributed by atoms with E-state index in [0.29, 0.717) is 12.1 Å². The topological polar surface area (TPSA) is 33.7 Å². The van der Waals surface area contributed by atoms with Crippen LogP contribution in [0.3, 0.4) is 0 Å². The van der Waals surface area contributed by atoms with E-state index in [1.54, 1.807) is 7.11 Å². The first-order valence-corrected chi connectivity index (χ1v) is 7.89. The highest BCUT2D eigenvalue weighted by molar-refractivity contribution is 5.27. The quantitative estimate of drug-likeness (QED) is 0.836. The number of likely N-dealkylation sites (N-methyl/N-ethyl adjacent to an activating group) is 1. The Morgan fingerprint density at radius 3 is 2.76 bits per heavy atom. The van der Waals surface area contributed by atoms with Crippen LogP contribution in [0.4, 0.5) is 0 Å². The van der Waals surface area contributed by atoms with Gasteiger partial charge < -0.3 is 14.8 Å². The average molecular weight is 292 g/mol. The molecule has 0 spiro atoms. The second kappa shape index (κ2) is 8.37. The van der Waals surface area contributed by atoms with Gasteiger partial charge in [0, 0.05) is 25.2 Å². The number of methoxy groups -OCH3 is 1. The van der Waals surface area contributed by atoms with Crippen molar-refractivity contribution >= 4 is 0 Å². The smallest absolute Gasteiger partial charge is 0.118 e. The molecule has 2 unspecified atom stereocenters. The zero-order valence-electron chi connectivity index (χ0n) is 13.5. The summed E-state index contributed by atoms with van der Waals surface area (Å²) in [5, 5.41) is 3.66. The van der Waals surface area contributed by atoms with E-state index in [2.05, 4.69) is 36.3 Å². The van der Waals surface area contributed by atoms with E-state index in [0.717, 1.165) is 38.5 Å². The Kier molecular flexibility index (Phi) is 6.49. The second-order valence-electron chi connectivity index (χ2n) is 5.75. The molecule has 1 heterocycles. The number of nitrogens with zero attached hydrogens (tertiary/aromatic N) is 1. The Morgan fingerprint density at radius 1 is 1.33 bits per heavy atom. The maximum atomic E-state index is 5.69. The summed E-state index contributed by atoms with van der Waals surface area (Å²) in [5.74, 6) is 0.907. The van der Waals surface area contributed by atoms with Crippen molar-refractivity contribution in [3.63, 3.8) is 0 Å². The number of benzene rings is 1. The van der Waals surface area contributed by atoms with Crippen molar-refractivity contribution in [2.45, 2.75) is 38.4 Å². The number of hydrogen-bond acceptors (Lipinski definition) is 4. The highest BCUT2D eigenvalue weighted by Crippen LogP contribution is 2.17. The van der Waals surface area contributed by atoms with Crippen LogP contribution in [-0.4, -0.2) is 50.9 Å². The minimum Gasteiger partial charge on any atom is -0.497 e. The maximum Gasteiger partial charge on any atom is 0.118 e. The minimum atomic E-state index is 0.437. The Hall–Kier alpha value is -1.10. The molecule has 1 aromatic carbocycles. The van der Waals surface area contributed by atoms with E-state index in [9.17, 15) is 0 Å². The third-order valence-corrected chi connectivity index (χ3v) is 4.14. The predicted molar refractivity (Wildman–Crippen MR) is 85.8 cm³/mol. The van der Waals surface area contributed by atoms with Crippen LogP contribution < -0.4 is 10.1 Å². The lowest BCUT2D eigenvalue weighted by Crippen LogP contribution is -2.54. The van der Waals surface area contributed by atoms with E-state index in [4.69, 9.17) is 9.47 Å². The van der Waals surface area contributed by atoms with E-state index < -0.39 is 0 Å². The number of nitrogens with one attached hydrogen (secondary N) is 1. The van der Waals surface area contributed by atoms with Crippen molar-refractivity contribution in [3.05, 3.63) is 29.8 Å². The normalized spacial score (nSPS) is 22.5. The van der Waals surface area contributed by atoms with Gasteiger partial charge >= 0.3 is 0 Å². The van der Waals surface area contributed by atoms with E-state index in [1.165, 1.54) is 12.0 Å². The van der Waals surface area contributed by atoms with Crippen molar-refractivity contribution in [3.8, 4) is 5.75 Å². The Morgan fingerprint density at radius 2 is 2.10 bits per heavy atom. The van der Waals surface area contributed by atoms with Crippen molar-refractivity contribution in [2.24, 2.45) is 0 Å². The van der Waals surface area contributed by atoms with Crippen LogP contribution in [0.2, 0.25) is 0 Å². The maximum absolute atomic E-state index is 5.69. The second-order valence-corrected chi connectivity index (χ2v) is 5.75. The van der Waals surface area contributed by atoms with Crippen molar-refractivity contribution in [1.29, 1.82) is 0 Å². The van der Waals surface area contributed by atoms with Gasteiger partial charge in [0.05, 0.1) is 13.7 Å². The van der Waals surface area contributed by atoms with Gasteiger partial charge in [-0.25, -0.2) is 0 Å². The number of rotatable bonds is 7. The third kappa shape index (κ3) is 4.70. The zero-order chi connectivity index (χ0) is 15.1. The molecule has 0 aromatic heterocycles. The fourth-order valence-electron chi connectivity index (χ4n) is 2.86. The fourth-order valence-corrected chi connectivity index (χ4v) is 2.86. The molecule has 0 amide bonds. The highest BCUT2D eigenvalue weighted by atomic mass is 16.5. The molecule has 4 nitrogen and oxygen atoms in total. The van der Waals surface area contributed by atoms with Crippen LogP contribution in [0.1, 0.15) is 25.3 Å². The SMILES string of the molecule is CCCNC1CCOCC1N(C)Cc1ccc(OC)cc1. The van der Waals surface area contributed by atoms with E-state index in [-0.39, 0.29) is 0 Å². The Bertz CT molecular complexity index is 408. The highest BCUT2D eigenvalue weighted by Gasteiger charge is 2.28. The fraction of sp³-hybridized carbons (Fsp3) is 0.647. The van der Waals surface area contributed by atoms with Gasteiger partial charge in [0.15, 0.2) is 0 Å². The molecular weight excluding hydrogens is 264 g/mol. The molecule has 1 aliphatic rings. The number of ether oxygens (including phenoxy) is 2. The van der Waals surface area contributed by atoms with Crippen LogP contribution in [0.5, 0.6) is 5.75 Å². The molecule has 1 saturated heterocycles. The van der Waals surface area contributed by atoms with Crippen molar-refractivity contribution < 1.29 is 9.47 Å². The molecule has 0 radical (unpaired) electrons. The molecular formula is C17H28N2O2. The molecule has 0 saturated carbocycles. The van der Waals surface area contributed by atoms with Gasteiger partial charge in [0.2, 0.25) is 0 Å². The summed E-state index contributed by atoms with van der Waals surface area (Å²) in [6.45, 7) is 5.91. The number of hydrogen-bond donors (Lipinski definition) is 1. The van der Waals surface area contributed by atoms with Crippen LogP contribution in [0.25, 0.3) is 0 Å². The lowest BCUT2D eigenvalue weighted by molar-refractivity contribution is 0.00350. The summed E-state index contributed by atoms with van der Waals surface area (Å²) in [4.78, 5) is 2.40. The third-order valence-electron chi connectivity index (χ3n) is 4.14. The lowest BCUT2D eigenvalue weighted by Gasteiger charge is -2.38. The summed E-state index contributed by atoms with van der Waals surface area (Å²) >= 11 is 0. The zero-order valence-corrected chi connectivity index (χ0v) is 13.5. The predicted octanol–water partition coefficient (Wildman–Crippen LogP) is 2.28. The van der Waals surface area contributed by atoms with Crippen LogP contribution >= 0.6 is 0 Å². The molecule has 1 N–H and O–H groups in total.